The van der Waals surface area contributed by atoms with E-state index in [2.05, 4.69) is 10.2 Å². The van der Waals surface area contributed by atoms with Gasteiger partial charge in [-0.05, 0) is 19.9 Å². The molecular formula is C20H28Cl2N3O2S-. The van der Waals surface area contributed by atoms with Crippen LogP contribution in [0.15, 0.2) is 24.3 Å². The van der Waals surface area contributed by atoms with Crippen molar-refractivity contribution in [3.8, 4) is 5.75 Å². The highest BCUT2D eigenvalue weighted by atomic mass is 35.5. The molecule has 1 aliphatic rings. The number of halogens is 2. The van der Waals surface area contributed by atoms with Gasteiger partial charge in [0.05, 0.1) is 23.4 Å². The van der Waals surface area contributed by atoms with E-state index in [9.17, 15) is 5.11 Å². The Bertz CT molecular complexity index is 898. The van der Waals surface area contributed by atoms with Crippen molar-refractivity contribution in [2.45, 2.75) is 20.8 Å². The number of phenolic OH excluding ortho intramolecular Hbond substituents is 1. The number of morpholine rings is 1. The summed E-state index contributed by atoms with van der Waals surface area (Å²) in [5.74, 6) is 0.366. The standard InChI is InChI=1S/C19H23N3O2S.CH4.2ClH/c1-13-17(23)15-6-3-2-5-14(15)16-18(13)25-19(21-16)20-7-4-8-22-9-11-24-12-10-22;;;/h2-3,5-6,23H,4,7-12H2,1H3,(H,20,21);1H4;2*1H/p-1. The molecule has 2 N–H and O–H groups in total. The van der Waals surface area contributed by atoms with Crippen LogP contribution in [0.2, 0.25) is 0 Å². The third-order valence-electron chi connectivity index (χ3n) is 4.79. The maximum Gasteiger partial charge on any atom is 0.183 e. The number of aryl methyl sites for hydroxylation is 1. The zero-order chi connectivity index (χ0) is 17.2. The summed E-state index contributed by atoms with van der Waals surface area (Å²) in [7, 11) is 0. The second-order valence-electron chi connectivity index (χ2n) is 6.45. The number of anilines is 1. The Morgan fingerprint density at radius 3 is 2.61 bits per heavy atom. The van der Waals surface area contributed by atoms with Crippen LogP contribution in [-0.2, 0) is 4.74 Å². The van der Waals surface area contributed by atoms with E-state index in [0.29, 0.717) is 5.75 Å². The molecule has 156 valence electrons. The van der Waals surface area contributed by atoms with Crippen LogP contribution in [-0.4, -0.2) is 54.4 Å². The molecule has 0 amide bonds. The molecule has 1 aromatic heterocycles. The minimum atomic E-state index is 0. The summed E-state index contributed by atoms with van der Waals surface area (Å²) in [5.41, 5.74) is 1.89. The number of nitrogens with one attached hydrogen (secondary N) is 1. The predicted molar refractivity (Wildman–Crippen MR) is 118 cm³/mol. The third kappa shape index (κ3) is 4.99. The van der Waals surface area contributed by atoms with Crippen LogP contribution in [0.5, 0.6) is 5.75 Å². The van der Waals surface area contributed by atoms with E-state index in [4.69, 9.17) is 9.72 Å². The van der Waals surface area contributed by atoms with Gasteiger partial charge < -0.3 is 27.6 Å². The summed E-state index contributed by atoms with van der Waals surface area (Å²) in [4.78, 5) is 7.23. The van der Waals surface area contributed by atoms with E-state index in [0.717, 1.165) is 77.5 Å². The van der Waals surface area contributed by atoms with Crippen LogP contribution in [0.4, 0.5) is 5.13 Å². The Kier molecular flexibility index (Phi) is 9.74. The number of aromatic nitrogens is 1. The zero-order valence-corrected chi connectivity index (χ0v) is 17.6. The van der Waals surface area contributed by atoms with Gasteiger partial charge in [-0.1, -0.05) is 43.0 Å². The molecule has 3 aromatic rings. The normalized spacial score (nSPS) is 14.2. The third-order valence-corrected chi connectivity index (χ3v) is 5.92. The SMILES string of the molecule is C.Cc1c(O)c2ccccc2c2nc(NCCCN3CCOCC3)sc12.Cl.[Cl-]. The number of benzene rings is 2. The lowest BCUT2D eigenvalue weighted by Gasteiger charge is -2.26. The zero-order valence-electron chi connectivity index (χ0n) is 15.2. The van der Waals surface area contributed by atoms with Crippen molar-refractivity contribution in [3.05, 3.63) is 29.8 Å². The Morgan fingerprint density at radius 2 is 1.89 bits per heavy atom. The molecule has 0 aliphatic carbocycles. The van der Waals surface area contributed by atoms with Gasteiger partial charge in [0.15, 0.2) is 5.13 Å². The van der Waals surface area contributed by atoms with E-state index in [1.54, 1.807) is 11.3 Å². The number of hydrogen-bond donors (Lipinski definition) is 2. The Labute approximate surface area is 182 Å². The molecule has 0 spiro atoms. The summed E-state index contributed by atoms with van der Waals surface area (Å²) in [6.45, 7) is 7.72. The van der Waals surface area contributed by atoms with Gasteiger partial charge in [0.1, 0.15) is 5.75 Å². The number of hydrogen-bond acceptors (Lipinski definition) is 6. The maximum atomic E-state index is 10.5. The van der Waals surface area contributed by atoms with E-state index >= 15 is 0 Å². The molecular weight excluding hydrogens is 417 g/mol. The quantitative estimate of drug-likeness (QED) is 0.586. The van der Waals surface area contributed by atoms with Crippen LogP contribution < -0.4 is 17.7 Å². The Morgan fingerprint density at radius 1 is 1.21 bits per heavy atom. The number of ether oxygens (including phenoxy) is 1. The van der Waals surface area contributed by atoms with Crippen LogP contribution in [0, 0.1) is 6.92 Å². The molecule has 0 atom stereocenters. The van der Waals surface area contributed by atoms with Crippen LogP contribution in [0.1, 0.15) is 19.4 Å². The monoisotopic (exact) mass is 444 g/mol. The second-order valence-corrected chi connectivity index (χ2v) is 7.45. The topological polar surface area (TPSA) is 57.6 Å². The van der Waals surface area contributed by atoms with Gasteiger partial charge in [-0.2, -0.15) is 0 Å². The Balaban J connectivity index is 0.00000131. The average molecular weight is 445 g/mol. The molecule has 5 nitrogen and oxygen atoms in total. The van der Waals surface area contributed by atoms with Crippen molar-refractivity contribution in [2.75, 3.05) is 44.7 Å². The van der Waals surface area contributed by atoms with E-state index in [-0.39, 0.29) is 32.2 Å². The van der Waals surface area contributed by atoms with Crippen LogP contribution in [0.25, 0.3) is 21.0 Å². The first-order chi connectivity index (χ1) is 12.2. The van der Waals surface area contributed by atoms with Crippen molar-refractivity contribution in [3.63, 3.8) is 0 Å². The largest absolute Gasteiger partial charge is 1.00 e. The lowest BCUT2D eigenvalue weighted by Crippen LogP contribution is -3.00. The molecule has 8 heteroatoms. The molecule has 4 rings (SSSR count). The minimum absolute atomic E-state index is 0. The van der Waals surface area contributed by atoms with Crippen LogP contribution in [0.3, 0.4) is 0 Å². The molecule has 1 saturated heterocycles. The van der Waals surface area contributed by atoms with Gasteiger partial charge >= 0.3 is 0 Å². The fraction of sp³-hybridized carbons (Fsp3) is 0.450. The first kappa shape index (κ1) is 24.7. The number of nitrogens with zero attached hydrogens (tertiary/aromatic N) is 2. The van der Waals surface area contributed by atoms with Crippen molar-refractivity contribution in [1.29, 1.82) is 0 Å². The number of aromatic hydroxyl groups is 1. The number of phenols is 1. The fourth-order valence-electron chi connectivity index (χ4n) is 3.36. The van der Waals surface area contributed by atoms with Gasteiger partial charge in [0.2, 0.25) is 0 Å². The summed E-state index contributed by atoms with van der Waals surface area (Å²) >= 11 is 1.62. The molecule has 1 aliphatic heterocycles. The van der Waals surface area contributed by atoms with Crippen LogP contribution >= 0.6 is 23.7 Å². The Hall–Kier alpha value is -1.31. The van der Waals surface area contributed by atoms with Gasteiger partial charge in [-0.3, -0.25) is 4.90 Å². The number of thiazole rings is 1. The van der Waals surface area contributed by atoms with Gasteiger partial charge in [-0.15, -0.1) is 12.4 Å². The summed E-state index contributed by atoms with van der Waals surface area (Å²) in [6.07, 6.45) is 1.08. The van der Waals surface area contributed by atoms with Crippen molar-refractivity contribution >= 4 is 49.9 Å². The van der Waals surface area contributed by atoms with Crippen molar-refractivity contribution in [1.82, 2.24) is 9.88 Å². The average Bonchev–Trinajstić information content (AvgIpc) is 3.09. The van der Waals surface area contributed by atoms with E-state index < -0.39 is 0 Å². The molecule has 2 aromatic carbocycles. The molecule has 2 heterocycles. The summed E-state index contributed by atoms with van der Waals surface area (Å²) in [6, 6.07) is 7.92. The summed E-state index contributed by atoms with van der Waals surface area (Å²) in [5, 5.41) is 16.7. The predicted octanol–water partition coefficient (Wildman–Crippen LogP) is 1.66. The van der Waals surface area contributed by atoms with Gasteiger partial charge in [0, 0.05) is 36.0 Å². The summed E-state index contributed by atoms with van der Waals surface area (Å²) < 4.78 is 6.44. The highest BCUT2D eigenvalue weighted by molar-refractivity contribution is 7.22. The lowest BCUT2D eigenvalue weighted by atomic mass is 10.0. The smallest absolute Gasteiger partial charge is 0.183 e. The van der Waals surface area contributed by atoms with E-state index in [1.807, 2.05) is 31.2 Å². The maximum absolute atomic E-state index is 10.5. The lowest BCUT2D eigenvalue weighted by molar-refractivity contribution is -0.00000797. The van der Waals surface area contributed by atoms with Gasteiger partial charge in [0.25, 0.3) is 0 Å². The first-order valence-corrected chi connectivity index (χ1v) is 9.60. The molecule has 0 saturated carbocycles. The molecule has 0 bridgehead atoms. The second kappa shape index (κ2) is 11.0. The molecule has 28 heavy (non-hydrogen) atoms. The first-order valence-electron chi connectivity index (χ1n) is 8.79. The minimum Gasteiger partial charge on any atom is -1.00 e. The molecule has 1 fully saturated rings. The molecule has 0 radical (unpaired) electrons. The highest BCUT2D eigenvalue weighted by Gasteiger charge is 2.15. The van der Waals surface area contributed by atoms with Crippen molar-refractivity contribution in [2.24, 2.45) is 0 Å². The number of rotatable bonds is 5. The molecule has 0 unspecified atom stereocenters. The highest BCUT2D eigenvalue weighted by Crippen LogP contribution is 2.40. The van der Waals surface area contributed by atoms with Gasteiger partial charge in [-0.25, -0.2) is 4.98 Å². The fourth-order valence-corrected chi connectivity index (χ4v) is 4.37. The number of fused-ring (bicyclic) bond motifs is 3. The van der Waals surface area contributed by atoms with Crippen molar-refractivity contribution < 1.29 is 22.3 Å². The van der Waals surface area contributed by atoms with E-state index in [1.165, 1.54) is 0 Å².